The van der Waals surface area contributed by atoms with Crippen molar-refractivity contribution in [1.82, 2.24) is 15.0 Å². The van der Waals surface area contributed by atoms with E-state index >= 15 is 0 Å². The van der Waals surface area contributed by atoms with E-state index in [1.54, 1.807) is 18.3 Å². The number of nitrogens with two attached hydrogens (primary N) is 1. The molecule has 0 saturated carbocycles. The minimum Gasteiger partial charge on any atom is -0.423 e. The van der Waals surface area contributed by atoms with Gasteiger partial charge in [0.2, 0.25) is 0 Å². The van der Waals surface area contributed by atoms with Crippen LogP contribution in [0.15, 0.2) is 30.5 Å². The zero-order chi connectivity index (χ0) is 20.1. The highest BCUT2D eigenvalue weighted by atomic mass is 19.1. The van der Waals surface area contributed by atoms with Crippen LogP contribution in [-0.4, -0.2) is 34.1 Å². The molecule has 3 aromatic rings. The van der Waals surface area contributed by atoms with Crippen molar-refractivity contribution < 1.29 is 9.13 Å². The molecule has 0 spiro atoms. The molecule has 2 N–H and O–H groups in total. The van der Waals surface area contributed by atoms with Gasteiger partial charge in [0.25, 0.3) is 0 Å². The Kier molecular flexibility index (Phi) is 4.20. The predicted octanol–water partition coefficient (Wildman–Crippen LogP) is 3.53. The predicted molar refractivity (Wildman–Crippen MR) is 109 cm³/mol. The molecule has 0 unspecified atom stereocenters. The summed E-state index contributed by atoms with van der Waals surface area (Å²) in [6.45, 7) is 5.36. The Labute approximate surface area is 168 Å². The Bertz CT molecular complexity index is 1100. The van der Waals surface area contributed by atoms with Gasteiger partial charge in [0.1, 0.15) is 17.4 Å². The van der Waals surface area contributed by atoms with Crippen molar-refractivity contribution in [3.8, 4) is 22.9 Å². The Morgan fingerprint density at radius 3 is 2.79 bits per heavy atom. The van der Waals surface area contributed by atoms with Crippen LogP contribution in [0.5, 0.6) is 11.8 Å². The van der Waals surface area contributed by atoms with Gasteiger partial charge in [0, 0.05) is 36.8 Å². The molecular weight excluding hydrogens is 369 g/mol. The average Bonchev–Trinajstić information content (AvgIpc) is 3.27. The van der Waals surface area contributed by atoms with E-state index in [0.717, 1.165) is 52.4 Å². The van der Waals surface area contributed by atoms with Gasteiger partial charge in [-0.1, -0.05) is 0 Å². The molecule has 0 radical (unpaired) electrons. The number of anilines is 1. The first kappa shape index (κ1) is 18.0. The molecule has 148 valence electrons. The number of hydrogen-bond acceptors (Lipinski definition) is 6. The largest absolute Gasteiger partial charge is 0.423 e. The van der Waals surface area contributed by atoms with Crippen LogP contribution >= 0.6 is 0 Å². The third-order valence-electron chi connectivity index (χ3n) is 5.61. The van der Waals surface area contributed by atoms with Gasteiger partial charge in [-0.05, 0) is 61.2 Å². The number of halogens is 1. The SMILES string of the molecule is Cc1ccc(Oc2nc3c(c(N4CC[C@@H](N)C4)n2)-c2cc(F)cc(C)c2C3)cn1. The highest BCUT2D eigenvalue weighted by Crippen LogP contribution is 2.44. The fourth-order valence-electron chi connectivity index (χ4n) is 4.15. The van der Waals surface area contributed by atoms with E-state index in [2.05, 4.69) is 14.9 Å². The first-order valence-electron chi connectivity index (χ1n) is 9.79. The second kappa shape index (κ2) is 6.77. The maximum Gasteiger partial charge on any atom is 0.324 e. The lowest BCUT2D eigenvalue weighted by Crippen LogP contribution is -2.27. The van der Waals surface area contributed by atoms with E-state index < -0.39 is 0 Å². The van der Waals surface area contributed by atoms with Crippen LogP contribution in [0.3, 0.4) is 0 Å². The monoisotopic (exact) mass is 391 g/mol. The summed E-state index contributed by atoms with van der Waals surface area (Å²) in [6, 6.07) is 7.25. The van der Waals surface area contributed by atoms with E-state index in [0.29, 0.717) is 18.7 Å². The average molecular weight is 391 g/mol. The third-order valence-corrected chi connectivity index (χ3v) is 5.61. The number of benzene rings is 1. The van der Waals surface area contributed by atoms with Crippen LogP contribution in [0.4, 0.5) is 10.2 Å². The smallest absolute Gasteiger partial charge is 0.324 e. The molecule has 5 rings (SSSR count). The van der Waals surface area contributed by atoms with Gasteiger partial charge in [-0.15, -0.1) is 0 Å². The van der Waals surface area contributed by atoms with Crippen molar-refractivity contribution in [3.63, 3.8) is 0 Å². The number of ether oxygens (including phenoxy) is 1. The van der Waals surface area contributed by atoms with Crippen molar-refractivity contribution >= 4 is 5.82 Å². The molecule has 1 aromatic carbocycles. The van der Waals surface area contributed by atoms with Crippen LogP contribution in [0.2, 0.25) is 0 Å². The van der Waals surface area contributed by atoms with Crippen LogP contribution in [0.1, 0.15) is 28.9 Å². The summed E-state index contributed by atoms with van der Waals surface area (Å²) in [6.07, 6.45) is 3.19. The number of aromatic nitrogens is 3. The number of aryl methyl sites for hydroxylation is 2. The molecule has 0 bridgehead atoms. The highest BCUT2D eigenvalue weighted by Gasteiger charge is 2.32. The Balaban J connectivity index is 1.62. The molecule has 1 aliphatic heterocycles. The number of pyridine rings is 1. The van der Waals surface area contributed by atoms with Gasteiger partial charge in [-0.25, -0.2) is 4.39 Å². The third kappa shape index (κ3) is 3.21. The van der Waals surface area contributed by atoms with E-state index in [1.165, 1.54) is 0 Å². The number of fused-ring (bicyclic) bond motifs is 3. The minimum atomic E-state index is -0.246. The lowest BCUT2D eigenvalue weighted by molar-refractivity contribution is 0.438. The van der Waals surface area contributed by atoms with Crippen LogP contribution in [0.25, 0.3) is 11.1 Å². The fraction of sp³-hybridized carbons (Fsp3) is 0.318. The molecule has 7 heteroatoms. The quantitative estimate of drug-likeness (QED) is 0.576. The summed E-state index contributed by atoms with van der Waals surface area (Å²) in [5, 5.41) is 0. The zero-order valence-electron chi connectivity index (χ0n) is 16.4. The molecule has 2 aliphatic rings. The first-order chi connectivity index (χ1) is 14.0. The van der Waals surface area contributed by atoms with E-state index in [-0.39, 0.29) is 17.9 Å². The second-order valence-corrected chi connectivity index (χ2v) is 7.81. The van der Waals surface area contributed by atoms with E-state index in [4.69, 9.17) is 15.5 Å². The summed E-state index contributed by atoms with van der Waals surface area (Å²) in [4.78, 5) is 15.8. The highest BCUT2D eigenvalue weighted by molar-refractivity contribution is 5.85. The number of rotatable bonds is 3. The molecule has 6 nitrogen and oxygen atoms in total. The van der Waals surface area contributed by atoms with Crippen molar-refractivity contribution in [1.29, 1.82) is 0 Å². The van der Waals surface area contributed by atoms with E-state index in [1.807, 2.05) is 26.0 Å². The van der Waals surface area contributed by atoms with Gasteiger partial charge in [-0.2, -0.15) is 9.97 Å². The van der Waals surface area contributed by atoms with Gasteiger partial charge in [-0.3, -0.25) is 4.98 Å². The molecule has 2 aromatic heterocycles. The van der Waals surface area contributed by atoms with Crippen LogP contribution < -0.4 is 15.4 Å². The summed E-state index contributed by atoms with van der Waals surface area (Å²) in [5.74, 6) is 1.10. The number of hydrogen-bond donors (Lipinski definition) is 1. The molecular formula is C22H22FN5O. The van der Waals surface area contributed by atoms with Crippen molar-refractivity contribution in [2.45, 2.75) is 32.7 Å². The lowest BCUT2D eigenvalue weighted by atomic mass is 10.0. The Morgan fingerprint density at radius 2 is 2.07 bits per heavy atom. The normalized spacial score (nSPS) is 17.4. The number of nitrogens with zero attached hydrogens (tertiary/aromatic N) is 4. The summed E-state index contributed by atoms with van der Waals surface area (Å²) in [7, 11) is 0. The molecule has 0 amide bonds. The molecule has 1 saturated heterocycles. The lowest BCUT2D eigenvalue weighted by Gasteiger charge is -2.21. The second-order valence-electron chi connectivity index (χ2n) is 7.81. The zero-order valence-corrected chi connectivity index (χ0v) is 16.4. The molecule has 1 fully saturated rings. The van der Waals surface area contributed by atoms with Gasteiger partial charge < -0.3 is 15.4 Å². The maximum absolute atomic E-state index is 14.2. The van der Waals surface area contributed by atoms with Crippen molar-refractivity contribution in [2.24, 2.45) is 5.73 Å². The maximum atomic E-state index is 14.2. The molecule has 1 atom stereocenters. The van der Waals surface area contributed by atoms with Crippen LogP contribution in [0, 0.1) is 19.7 Å². The summed E-state index contributed by atoms with van der Waals surface area (Å²) in [5.41, 5.74) is 11.7. The Morgan fingerprint density at radius 1 is 1.21 bits per heavy atom. The topological polar surface area (TPSA) is 77.2 Å². The van der Waals surface area contributed by atoms with Crippen molar-refractivity contribution in [2.75, 3.05) is 18.0 Å². The van der Waals surface area contributed by atoms with Gasteiger partial charge in [0.15, 0.2) is 0 Å². The summed E-state index contributed by atoms with van der Waals surface area (Å²) >= 11 is 0. The van der Waals surface area contributed by atoms with Gasteiger partial charge >= 0.3 is 6.01 Å². The Hall–Kier alpha value is -3.06. The van der Waals surface area contributed by atoms with Gasteiger partial charge in [0.05, 0.1) is 11.9 Å². The fourth-order valence-corrected chi connectivity index (χ4v) is 4.15. The standard InChI is InChI=1S/C22H22FN5O/c1-12-7-14(23)8-18-17(12)9-19-20(18)21(28-6-5-15(24)11-28)27-22(26-19)29-16-4-3-13(2)25-10-16/h3-4,7-8,10,15H,5-6,9,11,24H2,1-2H3/t15-/m1/s1. The molecule has 29 heavy (non-hydrogen) atoms. The van der Waals surface area contributed by atoms with Crippen LogP contribution in [-0.2, 0) is 6.42 Å². The van der Waals surface area contributed by atoms with E-state index in [9.17, 15) is 4.39 Å². The molecule has 1 aliphatic carbocycles. The van der Waals surface area contributed by atoms with Crippen molar-refractivity contribution in [3.05, 3.63) is 58.8 Å². The molecule has 3 heterocycles. The summed E-state index contributed by atoms with van der Waals surface area (Å²) < 4.78 is 20.1. The minimum absolute atomic E-state index is 0.0985. The first-order valence-corrected chi connectivity index (χ1v) is 9.79.